The third-order valence-corrected chi connectivity index (χ3v) is 5.80. The average Bonchev–Trinajstić information content (AvgIpc) is 2.68. The molecule has 0 heterocycles. The minimum Gasteiger partial charge on any atom is -0.358 e. The first-order chi connectivity index (χ1) is 12.6. The third-order valence-electron chi connectivity index (χ3n) is 4.22. The molecule has 3 nitrogen and oxygen atoms in total. The van der Waals surface area contributed by atoms with Gasteiger partial charge in [-0.05, 0) is 31.9 Å². The molecule has 0 aliphatic carbocycles. The third kappa shape index (κ3) is 5.58. The number of hydrogen-bond acceptors (Lipinski definition) is 3. The molecule has 0 aliphatic rings. The van der Waals surface area contributed by atoms with E-state index in [4.69, 9.17) is 12.2 Å². The summed E-state index contributed by atoms with van der Waals surface area (Å²) in [6, 6.07) is 19.9. The van der Waals surface area contributed by atoms with Gasteiger partial charge < -0.3 is 10.2 Å². The summed E-state index contributed by atoms with van der Waals surface area (Å²) in [7, 11) is 0. The van der Waals surface area contributed by atoms with Crippen LogP contribution in [0, 0.1) is 0 Å². The van der Waals surface area contributed by atoms with Crippen molar-refractivity contribution in [3.63, 3.8) is 0 Å². The standard InChI is InChI=1S/C21H26N2OS2/c1-4-23(5-2)21(25)26-16(3)20(24)22-19(17-12-8-6-9-13-17)18-14-10-7-11-15-18/h6-16,19H,4-5H2,1-3H3,(H,22,24). The summed E-state index contributed by atoms with van der Waals surface area (Å²) in [6.45, 7) is 7.76. The van der Waals surface area contributed by atoms with E-state index in [2.05, 4.69) is 24.1 Å². The second kappa shape index (κ2) is 10.3. The molecule has 2 aromatic carbocycles. The first-order valence-corrected chi connectivity index (χ1v) is 10.2. The van der Waals surface area contributed by atoms with E-state index < -0.39 is 0 Å². The number of amides is 1. The van der Waals surface area contributed by atoms with E-state index in [1.54, 1.807) is 0 Å². The molecular weight excluding hydrogens is 360 g/mol. The highest BCUT2D eigenvalue weighted by atomic mass is 32.2. The van der Waals surface area contributed by atoms with Crippen LogP contribution in [0.15, 0.2) is 60.7 Å². The van der Waals surface area contributed by atoms with Crippen LogP contribution in [0.4, 0.5) is 0 Å². The maximum absolute atomic E-state index is 12.8. The highest BCUT2D eigenvalue weighted by molar-refractivity contribution is 8.23. The molecule has 0 saturated carbocycles. The molecule has 2 rings (SSSR count). The van der Waals surface area contributed by atoms with E-state index in [0.29, 0.717) is 0 Å². The Balaban J connectivity index is 2.13. The number of rotatable bonds is 7. The fourth-order valence-corrected chi connectivity index (χ4v) is 4.25. The Morgan fingerprint density at radius 3 is 1.88 bits per heavy atom. The van der Waals surface area contributed by atoms with Gasteiger partial charge in [0, 0.05) is 13.1 Å². The van der Waals surface area contributed by atoms with E-state index in [1.807, 2.05) is 67.6 Å². The fourth-order valence-electron chi connectivity index (χ4n) is 2.67. The van der Waals surface area contributed by atoms with Crippen molar-refractivity contribution in [3.8, 4) is 0 Å². The van der Waals surface area contributed by atoms with Gasteiger partial charge in [-0.25, -0.2) is 0 Å². The minimum atomic E-state index is -0.252. The summed E-state index contributed by atoms with van der Waals surface area (Å²) in [5.74, 6) is -0.0118. The summed E-state index contributed by atoms with van der Waals surface area (Å²) in [4.78, 5) is 14.9. The van der Waals surface area contributed by atoms with Crippen LogP contribution in [0.3, 0.4) is 0 Å². The highest BCUT2D eigenvalue weighted by Crippen LogP contribution is 2.23. The quantitative estimate of drug-likeness (QED) is 0.703. The number of thiocarbonyl (C=S) groups is 1. The summed E-state index contributed by atoms with van der Waals surface area (Å²) in [5.41, 5.74) is 2.13. The Hall–Kier alpha value is -1.85. The highest BCUT2D eigenvalue weighted by Gasteiger charge is 2.22. The molecule has 0 saturated heterocycles. The number of nitrogens with one attached hydrogen (secondary N) is 1. The Labute approximate surface area is 166 Å². The van der Waals surface area contributed by atoms with Crippen molar-refractivity contribution in [2.24, 2.45) is 0 Å². The SMILES string of the molecule is CCN(CC)C(=S)SC(C)C(=O)NC(c1ccccc1)c1ccccc1. The number of carbonyl (C=O) groups is 1. The summed E-state index contributed by atoms with van der Waals surface area (Å²) >= 11 is 6.92. The van der Waals surface area contributed by atoms with E-state index in [1.165, 1.54) is 11.8 Å². The van der Waals surface area contributed by atoms with Gasteiger partial charge in [-0.3, -0.25) is 4.79 Å². The molecule has 0 aliphatic heterocycles. The Kier molecular flexibility index (Phi) is 8.13. The molecule has 26 heavy (non-hydrogen) atoms. The lowest BCUT2D eigenvalue weighted by Gasteiger charge is -2.25. The number of nitrogens with zero attached hydrogens (tertiary/aromatic N) is 1. The minimum absolute atomic E-state index is 0.0118. The van der Waals surface area contributed by atoms with Crippen molar-refractivity contribution in [1.29, 1.82) is 0 Å². The van der Waals surface area contributed by atoms with E-state index in [9.17, 15) is 4.79 Å². The molecule has 138 valence electrons. The number of hydrogen-bond donors (Lipinski definition) is 1. The number of carbonyl (C=O) groups excluding carboxylic acids is 1. The first kappa shape index (κ1) is 20.5. The van der Waals surface area contributed by atoms with Gasteiger partial charge in [0.2, 0.25) is 5.91 Å². The fraction of sp³-hybridized carbons (Fsp3) is 0.333. The van der Waals surface area contributed by atoms with E-state index in [-0.39, 0.29) is 17.2 Å². The van der Waals surface area contributed by atoms with Gasteiger partial charge >= 0.3 is 0 Å². The second-order valence-corrected chi connectivity index (χ2v) is 7.94. The van der Waals surface area contributed by atoms with Gasteiger partial charge in [0.05, 0.1) is 11.3 Å². The molecule has 5 heteroatoms. The second-order valence-electron chi connectivity index (χ2n) is 5.96. The number of thioether (sulfide) groups is 1. The molecule has 0 spiro atoms. The number of benzene rings is 2. The van der Waals surface area contributed by atoms with Crippen LogP contribution in [0.2, 0.25) is 0 Å². The van der Waals surface area contributed by atoms with Gasteiger partial charge in [0.1, 0.15) is 4.32 Å². The van der Waals surface area contributed by atoms with Gasteiger partial charge in [0.15, 0.2) is 0 Å². The summed E-state index contributed by atoms with van der Waals surface area (Å²) in [5, 5.41) is 2.94. The zero-order valence-corrected chi connectivity index (χ0v) is 17.1. The van der Waals surface area contributed by atoms with Crippen LogP contribution in [-0.4, -0.2) is 33.5 Å². The van der Waals surface area contributed by atoms with Crippen molar-refractivity contribution in [3.05, 3.63) is 71.8 Å². The van der Waals surface area contributed by atoms with Crippen molar-refractivity contribution in [1.82, 2.24) is 10.2 Å². The molecule has 2 aromatic rings. The monoisotopic (exact) mass is 386 g/mol. The van der Waals surface area contributed by atoms with Crippen LogP contribution < -0.4 is 5.32 Å². The van der Waals surface area contributed by atoms with Gasteiger partial charge in [0.25, 0.3) is 0 Å². The summed E-state index contributed by atoms with van der Waals surface area (Å²) in [6.07, 6.45) is 0. The molecule has 1 N–H and O–H groups in total. The summed E-state index contributed by atoms with van der Waals surface area (Å²) < 4.78 is 0.772. The van der Waals surface area contributed by atoms with Crippen molar-refractivity contribution < 1.29 is 4.79 Å². The molecule has 0 fully saturated rings. The maximum atomic E-state index is 12.8. The lowest BCUT2D eigenvalue weighted by atomic mass is 9.98. The van der Waals surface area contributed by atoms with Crippen molar-refractivity contribution in [2.75, 3.05) is 13.1 Å². The molecule has 0 radical (unpaired) electrons. The molecule has 0 bridgehead atoms. The predicted molar refractivity (Wildman–Crippen MR) is 115 cm³/mol. The van der Waals surface area contributed by atoms with Crippen LogP contribution >= 0.6 is 24.0 Å². The lowest BCUT2D eigenvalue weighted by molar-refractivity contribution is -0.120. The van der Waals surface area contributed by atoms with Crippen LogP contribution in [-0.2, 0) is 4.79 Å². The van der Waals surface area contributed by atoms with Crippen LogP contribution in [0.5, 0.6) is 0 Å². The maximum Gasteiger partial charge on any atom is 0.234 e. The van der Waals surface area contributed by atoms with Gasteiger partial charge in [-0.15, -0.1) is 0 Å². The molecule has 1 amide bonds. The molecular formula is C21H26N2OS2. The zero-order valence-electron chi connectivity index (χ0n) is 15.5. The first-order valence-electron chi connectivity index (χ1n) is 8.92. The lowest BCUT2D eigenvalue weighted by Crippen LogP contribution is -2.37. The molecule has 1 unspecified atom stereocenters. The smallest absolute Gasteiger partial charge is 0.234 e. The van der Waals surface area contributed by atoms with E-state index in [0.717, 1.165) is 28.5 Å². The van der Waals surface area contributed by atoms with Crippen LogP contribution in [0.1, 0.15) is 37.9 Å². The van der Waals surface area contributed by atoms with E-state index >= 15 is 0 Å². The van der Waals surface area contributed by atoms with Crippen LogP contribution in [0.25, 0.3) is 0 Å². The topological polar surface area (TPSA) is 32.3 Å². The average molecular weight is 387 g/mol. The zero-order chi connectivity index (χ0) is 18.9. The Morgan fingerprint density at radius 1 is 1.00 bits per heavy atom. The predicted octanol–water partition coefficient (Wildman–Crippen LogP) is 4.64. The van der Waals surface area contributed by atoms with Gasteiger partial charge in [-0.1, -0.05) is 84.6 Å². The Bertz CT molecular complexity index is 663. The molecule has 1 atom stereocenters. The normalized spacial score (nSPS) is 11.8. The van der Waals surface area contributed by atoms with Gasteiger partial charge in [-0.2, -0.15) is 0 Å². The molecule has 0 aromatic heterocycles. The van der Waals surface area contributed by atoms with Crippen molar-refractivity contribution >= 4 is 34.2 Å². The van der Waals surface area contributed by atoms with Crippen molar-refractivity contribution in [2.45, 2.75) is 32.1 Å². The Morgan fingerprint density at radius 2 is 1.46 bits per heavy atom. The largest absolute Gasteiger partial charge is 0.358 e.